The number of aromatic nitrogens is 3. The van der Waals surface area contributed by atoms with Crippen LogP contribution in [0.15, 0.2) is 30.7 Å². The van der Waals surface area contributed by atoms with Crippen LogP contribution in [0.1, 0.15) is 11.3 Å². The molecule has 0 unspecified atom stereocenters. The Kier molecular flexibility index (Phi) is 2.95. The fourth-order valence-electron chi connectivity index (χ4n) is 1.43. The summed E-state index contributed by atoms with van der Waals surface area (Å²) in [5, 5.41) is 0. The first kappa shape index (κ1) is 10.4. The van der Waals surface area contributed by atoms with E-state index in [1.807, 2.05) is 12.1 Å². The van der Waals surface area contributed by atoms with Crippen LogP contribution in [0.25, 0.3) is 0 Å². The zero-order valence-electron chi connectivity index (χ0n) is 8.92. The summed E-state index contributed by atoms with van der Waals surface area (Å²) in [5.74, 6) is 1.03. The van der Waals surface area contributed by atoms with Crippen molar-refractivity contribution in [1.29, 1.82) is 0 Å². The lowest BCUT2D eigenvalue weighted by Crippen LogP contribution is -2.02. The molecule has 5 nitrogen and oxygen atoms in total. The number of nitrogen functional groups attached to an aromatic ring is 1. The number of methoxy groups -OCH3 is 1. The molecule has 0 fully saturated rings. The molecule has 82 valence electrons. The van der Waals surface area contributed by atoms with E-state index in [-0.39, 0.29) is 0 Å². The molecule has 0 saturated carbocycles. The van der Waals surface area contributed by atoms with Gasteiger partial charge < -0.3 is 10.5 Å². The van der Waals surface area contributed by atoms with Gasteiger partial charge in [-0.2, -0.15) is 0 Å². The number of pyridine rings is 1. The first-order valence-corrected chi connectivity index (χ1v) is 4.84. The predicted octanol–water partition coefficient (Wildman–Crippen LogP) is 1.05. The van der Waals surface area contributed by atoms with Gasteiger partial charge in [0.15, 0.2) is 0 Å². The van der Waals surface area contributed by atoms with E-state index in [9.17, 15) is 0 Å². The van der Waals surface area contributed by atoms with Crippen LogP contribution in [0.3, 0.4) is 0 Å². The van der Waals surface area contributed by atoms with Gasteiger partial charge in [0.2, 0.25) is 5.88 Å². The first-order valence-electron chi connectivity index (χ1n) is 4.84. The minimum Gasteiger partial charge on any atom is -0.480 e. The maximum atomic E-state index is 5.76. The quantitative estimate of drug-likeness (QED) is 0.830. The lowest BCUT2D eigenvalue weighted by molar-refractivity contribution is 0.390. The van der Waals surface area contributed by atoms with Gasteiger partial charge in [-0.25, -0.2) is 9.97 Å². The zero-order chi connectivity index (χ0) is 11.4. The van der Waals surface area contributed by atoms with Gasteiger partial charge >= 0.3 is 0 Å². The summed E-state index contributed by atoms with van der Waals surface area (Å²) in [6.45, 7) is 0. The topological polar surface area (TPSA) is 73.9 Å². The molecule has 2 rings (SSSR count). The average Bonchev–Trinajstić information content (AvgIpc) is 2.33. The Hall–Kier alpha value is -2.17. The van der Waals surface area contributed by atoms with Crippen molar-refractivity contribution in [2.75, 3.05) is 12.8 Å². The highest BCUT2D eigenvalue weighted by molar-refractivity contribution is 5.41. The highest BCUT2D eigenvalue weighted by Crippen LogP contribution is 2.18. The molecule has 2 N–H and O–H groups in total. The third-order valence-corrected chi connectivity index (χ3v) is 2.21. The van der Waals surface area contributed by atoms with E-state index < -0.39 is 0 Å². The molecule has 0 aliphatic rings. The standard InChI is InChI=1S/C11H12N4O/c1-16-11-9(13-5-6-15-11)7-8-3-2-4-14-10(8)12/h2-6H,7H2,1H3,(H2,12,14). The Bertz CT molecular complexity index is 487. The highest BCUT2D eigenvalue weighted by atomic mass is 16.5. The van der Waals surface area contributed by atoms with Crippen LogP contribution in [-0.2, 0) is 6.42 Å². The van der Waals surface area contributed by atoms with E-state index in [0.29, 0.717) is 18.1 Å². The number of nitrogens with two attached hydrogens (primary N) is 1. The Labute approximate surface area is 93.3 Å². The Morgan fingerprint density at radius 1 is 1.19 bits per heavy atom. The predicted molar refractivity (Wildman–Crippen MR) is 60.0 cm³/mol. The van der Waals surface area contributed by atoms with E-state index in [2.05, 4.69) is 15.0 Å². The molecule has 0 aromatic carbocycles. The van der Waals surface area contributed by atoms with E-state index in [0.717, 1.165) is 11.3 Å². The van der Waals surface area contributed by atoms with Crippen LogP contribution >= 0.6 is 0 Å². The normalized spacial score (nSPS) is 10.1. The Balaban J connectivity index is 2.30. The molecule has 0 aliphatic heterocycles. The van der Waals surface area contributed by atoms with Crippen molar-refractivity contribution in [2.45, 2.75) is 6.42 Å². The van der Waals surface area contributed by atoms with Crippen molar-refractivity contribution in [3.05, 3.63) is 42.0 Å². The monoisotopic (exact) mass is 216 g/mol. The lowest BCUT2D eigenvalue weighted by atomic mass is 10.1. The summed E-state index contributed by atoms with van der Waals surface area (Å²) in [6.07, 6.45) is 5.45. The number of anilines is 1. The number of hydrogen-bond acceptors (Lipinski definition) is 5. The molecule has 2 heterocycles. The van der Waals surface area contributed by atoms with Gasteiger partial charge in [0.05, 0.1) is 7.11 Å². The van der Waals surface area contributed by atoms with Gasteiger partial charge in [-0.15, -0.1) is 0 Å². The van der Waals surface area contributed by atoms with Gasteiger partial charge in [-0.3, -0.25) is 4.98 Å². The molecule has 0 radical (unpaired) electrons. The number of nitrogens with zero attached hydrogens (tertiary/aromatic N) is 3. The van der Waals surface area contributed by atoms with Crippen molar-refractivity contribution in [3.8, 4) is 5.88 Å². The summed E-state index contributed by atoms with van der Waals surface area (Å²) in [5.41, 5.74) is 7.43. The van der Waals surface area contributed by atoms with Crippen LogP contribution in [0.2, 0.25) is 0 Å². The van der Waals surface area contributed by atoms with E-state index in [1.165, 1.54) is 0 Å². The zero-order valence-corrected chi connectivity index (χ0v) is 8.92. The molecular weight excluding hydrogens is 204 g/mol. The van der Waals surface area contributed by atoms with E-state index >= 15 is 0 Å². The molecule has 2 aromatic heterocycles. The second-order valence-electron chi connectivity index (χ2n) is 3.24. The van der Waals surface area contributed by atoms with Gasteiger partial charge in [0.25, 0.3) is 0 Å². The van der Waals surface area contributed by atoms with Crippen LogP contribution in [0.5, 0.6) is 5.88 Å². The summed E-state index contributed by atoms with van der Waals surface area (Å²) in [4.78, 5) is 12.3. The minimum atomic E-state index is 0.509. The van der Waals surface area contributed by atoms with E-state index in [4.69, 9.17) is 10.5 Å². The molecular formula is C11H12N4O. The maximum absolute atomic E-state index is 5.76. The highest BCUT2D eigenvalue weighted by Gasteiger charge is 2.08. The van der Waals surface area contributed by atoms with Crippen molar-refractivity contribution in [1.82, 2.24) is 15.0 Å². The smallest absolute Gasteiger partial charge is 0.235 e. The van der Waals surface area contributed by atoms with Gasteiger partial charge in [-0.05, 0) is 6.07 Å². The molecule has 2 aromatic rings. The molecule has 0 amide bonds. The van der Waals surface area contributed by atoms with Crippen molar-refractivity contribution in [3.63, 3.8) is 0 Å². The third kappa shape index (κ3) is 2.08. The minimum absolute atomic E-state index is 0.509. The second-order valence-corrected chi connectivity index (χ2v) is 3.24. The van der Waals surface area contributed by atoms with Crippen LogP contribution in [0, 0.1) is 0 Å². The second kappa shape index (κ2) is 4.57. The Morgan fingerprint density at radius 2 is 2.00 bits per heavy atom. The number of ether oxygens (including phenoxy) is 1. The molecule has 0 atom stereocenters. The Morgan fingerprint density at radius 3 is 2.75 bits per heavy atom. The SMILES string of the molecule is COc1nccnc1Cc1cccnc1N. The molecule has 0 bridgehead atoms. The molecule has 16 heavy (non-hydrogen) atoms. The molecule has 0 saturated heterocycles. The van der Waals surface area contributed by atoms with Crippen molar-refractivity contribution in [2.24, 2.45) is 0 Å². The van der Waals surface area contributed by atoms with Crippen molar-refractivity contribution < 1.29 is 4.74 Å². The number of hydrogen-bond donors (Lipinski definition) is 1. The van der Waals surface area contributed by atoms with Crippen molar-refractivity contribution >= 4 is 5.82 Å². The molecule has 5 heteroatoms. The molecule has 0 spiro atoms. The van der Waals surface area contributed by atoms with Gasteiger partial charge in [-0.1, -0.05) is 6.07 Å². The maximum Gasteiger partial charge on any atom is 0.235 e. The summed E-state index contributed by atoms with van der Waals surface area (Å²) < 4.78 is 5.12. The van der Waals surface area contributed by atoms with Crippen LogP contribution in [0.4, 0.5) is 5.82 Å². The van der Waals surface area contributed by atoms with E-state index in [1.54, 1.807) is 25.7 Å². The largest absolute Gasteiger partial charge is 0.480 e. The first-order chi connectivity index (χ1) is 7.81. The van der Waals surface area contributed by atoms with Crippen LogP contribution < -0.4 is 10.5 Å². The molecule has 0 aliphatic carbocycles. The number of rotatable bonds is 3. The van der Waals surface area contributed by atoms with Crippen LogP contribution in [-0.4, -0.2) is 22.1 Å². The summed E-state index contributed by atoms with van der Waals surface area (Å²) >= 11 is 0. The fourth-order valence-corrected chi connectivity index (χ4v) is 1.43. The fraction of sp³-hybridized carbons (Fsp3) is 0.182. The lowest BCUT2D eigenvalue weighted by Gasteiger charge is -2.06. The third-order valence-electron chi connectivity index (χ3n) is 2.21. The summed E-state index contributed by atoms with van der Waals surface area (Å²) in [6, 6.07) is 3.75. The summed E-state index contributed by atoms with van der Waals surface area (Å²) in [7, 11) is 1.57. The van der Waals surface area contributed by atoms with Gasteiger partial charge in [0, 0.05) is 30.6 Å². The van der Waals surface area contributed by atoms with Gasteiger partial charge in [0.1, 0.15) is 11.5 Å². The average molecular weight is 216 g/mol.